The molecule has 142 valence electrons. The molecule has 0 radical (unpaired) electrons. The third kappa shape index (κ3) is 3.41. The van der Waals surface area contributed by atoms with Crippen molar-refractivity contribution in [3.8, 4) is 5.75 Å². The lowest BCUT2D eigenvalue weighted by Gasteiger charge is -2.46. The lowest BCUT2D eigenvalue weighted by Crippen LogP contribution is -2.55. The molecule has 0 amide bonds. The van der Waals surface area contributed by atoms with E-state index in [-0.39, 0.29) is 6.04 Å². The number of rotatable bonds is 4. The quantitative estimate of drug-likeness (QED) is 0.738. The Hall–Kier alpha value is -1.76. The van der Waals surface area contributed by atoms with E-state index in [1.54, 1.807) is 0 Å². The summed E-state index contributed by atoms with van der Waals surface area (Å²) in [5.41, 5.74) is 1.42. The number of halogens is 4. The summed E-state index contributed by atoms with van der Waals surface area (Å²) >= 11 is 0. The molecule has 2 fully saturated rings. The Morgan fingerprint density at radius 3 is 2.38 bits per heavy atom. The zero-order valence-corrected chi connectivity index (χ0v) is 14.4. The minimum atomic E-state index is -3.05. The molecule has 0 unspecified atom stereocenters. The Bertz CT molecular complexity index is 682. The van der Waals surface area contributed by atoms with Crippen LogP contribution in [0, 0.1) is 5.82 Å². The van der Waals surface area contributed by atoms with Gasteiger partial charge in [-0.2, -0.15) is 8.78 Å². The predicted molar refractivity (Wildman–Crippen MR) is 91.9 cm³/mol. The van der Waals surface area contributed by atoms with E-state index in [9.17, 15) is 17.6 Å². The van der Waals surface area contributed by atoms with Crippen LogP contribution in [0.25, 0.3) is 6.08 Å². The maximum Gasteiger partial charge on any atom is 0.387 e. The van der Waals surface area contributed by atoms with Gasteiger partial charge in [0.25, 0.3) is 0 Å². The summed E-state index contributed by atoms with van der Waals surface area (Å²) in [6.07, 6.45) is 6.98. The maximum absolute atomic E-state index is 14.0. The van der Waals surface area contributed by atoms with Gasteiger partial charge >= 0.3 is 6.61 Å². The summed E-state index contributed by atoms with van der Waals surface area (Å²) < 4.78 is 56.4. The van der Waals surface area contributed by atoms with Gasteiger partial charge in [0.15, 0.2) is 11.6 Å². The summed E-state index contributed by atoms with van der Waals surface area (Å²) in [6, 6.07) is 3.34. The number of alkyl halides is 3. The van der Waals surface area contributed by atoms with Gasteiger partial charge in [0, 0.05) is 49.0 Å². The van der Waals surface area contributed by atoms with Gasteiger partial charge in [-0.05, 0) is 31.7 Å². The first-order chi connectivity index (χ1) is 12.5. The fourth-order valence-corrected chi connectivity index (χ4v) is 4.35. The predicted octanol–water partition coefficient (Wildman–Crippen LogP) is 4.23. The molecule has 0 atom stereocenters. The average molecular weight is 370 g/mol. The smallest absolute Gasteiger partial charge is 0.387 e. The molecule has 0 spiro atoms. The van der Waals surface area contributed by atoms with E-state index < -0.39 is 24.3 Å². The topological polar surface area (TPSA) is 15.7 Å². The molecule has 1 aromatic rings. The van der Waals surface area contributed by atoms with Crippen LogP contribution in [0.5, 0.6) is 5.75 Å². The van der Waals surface area contributed by atoms with Crippen molar-refractivity contribution >= 4 is 11.8 Å². The normalized spacial score (nSPS) is 26.7. The van der Waals surface area contributed by atoms with Gasteiger partial charge in [-0.15, -0.1) is 0 Å². The van der Waals surface area contributed by atoms with Crippen molar-refractivity contribution in [2.75, 3.05) is 24.5 Å². The van der Waals surface area contributed by atoms with Crippen LogP contribution in [-0.2, 0) is 0 Å². The summed E-state index contributed by atoms with van der Waals surface area (Å²) in [7, 11) is 0. The van der Waals surface area contributed by atoms with Crippen molar-refractivity contribution in [2.24, 2.45) is 0 Å². The van der Waals surface area contributed by atoms with Crippen LogP contribution in [0.15, 0.2) is 18.2 Å². The van der Waals surface area contributed by atoms with Crippen molar-refractivity contribution in [2.45, 2.75) is 50.6 Å². The van der Waals surface area contributed by atoms with Gasteiger partial charge in [-0.1, -0.05) is 12.2 Å². The lowest BCUT2D eigenvalue weighted by atomic mass is 9.87. The molecule has 1 aliphatic carbocycles. The summed E-state index contributed by atoms with van der Waals surface area (Å²) in [5.74, 6) is -1.19. The zero-order valence-electron chi connectivity index (χ0n) is 14.4. The minimum Gasteiger partial charge on any atom is -0.432 e. The van der Waals surface area contributed by atoms with Crippen LogP contribution in [-0.4, -0.2) is 49.4 Å². The van der Waals surface area contributed by atoms with Crippen LogP contribution in [0.4, 0.5) is 23.2 Å². The van der Waals surface area contributed by atoms with E-state index in [4.69, 9.17) is 0 Å². The number of hydrogen-bond donors (Lipinski definition) is 0. The Labute approximate surface area is 150 Å². The second-order valence-electron chi connectivity index (χ2n) is 7.29. The van der Waals surface area contributed by atoms with Gasteiger partial charge in [0.05, 0.1) is 0 Å². The highest BCUT2D eigenvalue weighted by Gasteiger charge is 2.36. The molecule has 7 heteroatoms. The first-order valence-electron chi connectivity index (χ1n) is 9.11. The molecule has 26 heavy (non-hydrogen) atoms. The molecule has 1 saturated carbocycles. The summed E-state index contributed by atoms with van der Waals surface area (Å²) in [5, 5.41) is 0. The molecule has 1 aromatic carbocycles. The fourth-order valence-electron chi connectivity index (χ4n) is 4.35. The molecule has 0 bridgehead atoms. The van der Waals surface area contributed by atoms with Crippen LogP contribution in [0.2, 0.25) is 0 Å². The highest BCUT2D eigenvalue weighted by atomic mass is 19.3. The highest BCUT2D eigenvalue weighted by Crippen LogP contribution is 2.38. The third-order valence-electron chi connectivity index (χ3n) is 5.69. The number of ether oxygens (including phenoxy) is 1. The number of benzene rings is 1. The van der Waals surface area contributed by atoms with Gasteiger partial charge in [0.1, 0.15) is 6.17 Å². The summed E-state index contributed by atoms with van der Waals surface area (Å²) in [4.78, 5) is 4.35. The Kier molecular flexibility index (Phi) is 4.82. The molecule has 3 nitrogen and oxygen atoms in total. The van der Waals surface area contributed by atoms with Gasteiger partial charge in [-0.25, -0.2) is 8.78 Å². The van der Waals surface area contributed by atoms with E-state index in [0.29, 0.717) is 31.2 Å². The Balaban J connectivity index is 1.48. The second kappa shape index (κ2) is 7.10. The van der Waals surface area contributed by atoms with Gasteiger partial charge in [-0.3, -0.25) is 4.90 Å². The van der Waals surface area contributed by atoms with Gasteiger partial charge < -0.3 is 9.64 Å². The molecule has 0 N–H and O–H groups in total. The second-order valence-corrected chi connectivity index (χ2v) is 7.29. The molecule has 2 heterocycles. The molecular formula is C19H22F4N2O. The third-order valence-corrected chi connectivity index (χ3v) is 5.69. The number of anilines is 1. The lowest BCUT2D eigenvalue weighted by molar-refractivity contribution is -0.0521. The SMILES string of the molecule is Fc1cc2c(cc1OC(F)F)N(C1CCC(N3CC(F)C3)CC1)CC=C2. The number of fused-ring (bicyclic) bond motifs is 1. The van der Waals surface area contributed by atoms with E-state index in [1.165, 1.54) is 12.1 Å². The number of likely N-dealkylation sites (tertiary alicyclic amines) is 1. The monoisotopic (exact) mass is 370 g/mol. The van der Waals surface area contributed by atoms with E-state index in [0.717, 1.165) is 31.4 Å². The zero-order chi connectivity index (χ0) is 18.3. The van der Waals surface area contributed by atoms with E-state index in [2.05, 4.69) is 14.5 Å². The Morgan fingerprint density at radius 1 is 1.04 bits per heavy atom. The average Bonchev–Trinajstić information content (AvgIpc) is 2.59. The molecule has 2 aliphatic heterocycles. The summed E-state index contributed by atoms with van der Waals surface area (Å²) in [6.45, 7) is -1.31. The largest absolute Gasteiger partial charge is 0.432 e. The number of hydrogen-bond acceptors (Lipinski definition) is 3. The van der Waals surface area contributed by atoms with Crippen LogP contribution in [0.1, 0.15) is 31.2 Å². The van der Waals surface area contributed by atoms with Crippen molar-refractivity contribution in [1.82, 2.24) is 4.90 Å². The van der Waals surface area contributed by atoms with Crippen LogP contribution in [0.3, 0.4) is 0 Å². The number of nitrogens with zero attached hydrogens (tertiary/aromatic N) is 2. The maximum atomic E-state index is 14.0. The van der Waals surface area contributed by atoms with Crippen LogP contribution < -0.4 is 9.64 Å². The molecule has 0 aromatic heterocycles. The Morgan fingerprint density at radius 2 is 1.73 bits per heavy atom. The fraction of sp³-hybridized carbons (Fsp3) is 0.579. The van der Waals surface area contributed by atoms with Crippen molar-refractivity contribution < 1.29 is 22.3 Å². The first-order valence-corrected chi connectivity index (χ1v) is 9.11. The molecular weight excluding hydrogens is 348 g/mol. The van der Waals surface area contributed by atoms with E-state index in [1.807, 2.05) is 12.2 Å². The first kappa shape index (κ1) is 17.6. The minimum absolute atomic E-state index is 0.266. The highest BCUT2D eigenvalue weighted by molar-refractivity contribution is 5.73. The van der Waals surface area contributed by atoms with Crippen LogP contribution >= 0.6 is 0 Å². The van der Waals surface area contributed by atoms with Gasteiger partial charge in [0.2, 0.25) is 0 Å². The molecule has 1 saturated heterocycles. The van der Waals surface area contributed by atoms with Crippen molar-refractivity contribution in [3.63, 3.8) is 0 Å². The standard InChI is InChI=1S/C19H22F4N2O/c20-13-10-24(11-13)14-3-5-15(6-4-14)25-7-1-2-12-8-16(21)18(9-17(12)25)26-19(22)23/h1-2,8-9,13-15,19H,3-7,10-11H2. The van der Waals surface area contributed by atoms with Crippen molar-refractivity contribution in [1.29, 1.82) is 0 Å². The molecule has 4 rings (SSSR count). The van der Waals surface area contributed by atoms with Crippen molar-refractivity contribution in [3.05, 3.63) is 29.6 Å². The van der Waals surface area contributed by atoms with E-state index >= 15 is 0 Å². The molecule has 3 aliphatic rings.